The second-order valence-electron chi connectivity index (χ2n) is 5.61. The highest BCUT2D eigenvalue weighted by Gasteiger charge is 2.42. The molecule has 2 aromatic carbocycles. The van der Waals surface area contributed by atoms with E-state index in [-0.39, 0.29) is 18.4 Å². The Kier molecular flexibility index (Phi) is 5.43. The first-order valence-corrected chi connectivity index (χ1v) is 7.63. The van der Waals surface area contributed by atoms with Gasteiger partial charge in [-0.2, -0.15) is 0 Å². The third kappa shape index (κ3) is 2.96. The Morgan fingerprint density at radius 2 is 1.82 bits per heavy atom. The van der Waals surface area contributed by atoms with Crippen molar-refractivity contribution in [3.63, 3.8) is 0 Å². The first kappa shape index (κ1) is 16.8. The first-order valence-electron chi connectivity index (χ1n) is 7.63. The molecule has 1 heterocycles. The lowest BCUT2D eigenvalue weighted by Crippen LogP contribution is -2.46. The van der Waals surface area contributed by atoms with E-state index >= 15 is 0 Å². The summed E-state index contributed by atoms with van der Waals surface area (Å²) in [5.74, 6) is -0.0817. The molecule has 0 aromatic heterocycles. The average Bonchev–Trinajstić information content (AvgIpc) is 2.55. The summed E-state index contributed by atoms with van der Waals surface area (Å²) in [7, 11) is 0. The van der Waals surface area contributed by atoms with Crippen LogP contribution in [-0.2, 0) is 14.9 Å². The Bertz CT molecular complexity index is 650. The van der Waals surface area contributed by atoms with Gasteiger partial charge in [0.25, 0.3) is 0 Å². The molecule has 0 bridgehead atoms. The zero-order valence-corrected chi connectivity index (χ0v) is 13.6. The summed E-state index contributed by atoms with van der Waals surface area (Å²) in [4.78, 5) is 12.6. The van der Waals surface area contributed by atoms with Crippen molar-refractivity contribution in [3.8, 4) is 0 Å². The molecule has 1 aliphatic rings. The van der Waals surface area contributed by atoms with Crippen LogP contribution in [-0.4, -0.2) is 25.7 Å². The Morgan fingerprint density at radius 3 is 2.50 bits per heavy atom. The average molecular weight is 320 g/mol. The lowest BCUT2D eigenvalue weighted by atomic mass is 9.73. The van der Waals surface area contributed by atoms with Crippen LogP contribution >= 0.6 is 12.4 Å². The van der Waals surface area contributed by atoms with Gasteiger partial charge in [0.05, 0.1) is 12.0 Å². The van der Waals surface area contributed by atoms with E-state index in [9.17, 15) is 4.79 Å². The number of benzene rings is 2. The predicted octanol–water partition coefficient (Wildman–Crippen LogP) is 3.45. The monoisotopic (exact) mass is 319 g/mol. The summed E-state index contributed by atoms with van der Waals surface area (Å²) in [6.07, 6.45) is 1.59. The maximum Gasteiger partial charge on any atom is 0.316 e. The quantitative estimate of drug-likeness (QED) is 0.881. The van der Waals surface area contributed by atoms with Crippen LogP contribution in [0.5, 0.6) is 0 Å². The Balaban J connectivity index is 0.00000176. The highest BCUT2D eigenvalue weighted by atomic mass is 35.5. The molecule has 3 nitrogen and oxygen atoms in total. The fourth-order valence-corrected chi connectivity index (χ4v) is 3.22. The number of hydrogen-bond acceptors (Lipinski definition) is 3. The number of rotatable bonds is 3. The number of ether oxygens (including phenoxy) is 1. The maximum absolute atomic E-state index is 12.6. The first-order chi connectivity index (χ1) is 10.3. The predicted molar refractivity (Wildman–Crippen MR) is 91.6 cm³/mol. The topological polar surface area (TPSA) is 38.3 Å². The third-order valence-electron chi connectivity index (χ3n) is 4.43. The zero-order valence-electron chi connectivity index (χ0n) is 12.8. The van der Waals surface area contributed by atoms with E-state index in [0.717, 1.165) is 31.5 Å². The van der Waals surface area contributed by atoms with Crippen LogP contribution < -0.4 is 5.32 Å². The number of piperidine rings is 1. The molecule has 0 unspecified atom stereocenters. The van der Waals surface area contributed by atoms with E-state index in [4.69, 9.17) is 4.74 Å². The molecule has 2 aromatic rings. The van der Waals surface area contributed by atoms with Crippen LogP contribution in [0.3, 0.4) is 0 Å². The van der Waals surface area contributed by atoms with Gasteiger partial charge in [0.15, 0.2) is 0 Å². The number of esters is 1. The minimum absolute atomic E-state index is 0. The highest BCUT2D eigenvalue weighted by molar-refractivity contribution is 5.88. The fourth-order valence-electron chi connectivity index (χ4n) is 3.22. The van der Waals surface area contributed by atoms with Crippen molar-refractivity contribution in [2.75, 3.05) is 19.7 Å². The number of carbonyl (C=O) groups excluding carboxylic acids is 1. The largest absolute Gasteiger partial charge is 0.465 e. The van der Waals surface area contributed by atoms with E-state index in [2.05, 4.69) is 35.6 Å². The van der Waals surface area contributed by atoms with E-state index in [1.54, 1.807) is 0 Å². The second-order valence-corrected chi connectivity index (χ2v) is 5.61. The van der Waals surface area contributed by atoms with Crippen molar-refractivity contribution in [3.05, 3.63) is 48.0 Å². The zero-order chi connectivity index (χ0) is 14.7. The van der Waals surface area contributed by atoms with E-state index in [1.165, 1.54) is 10.8 Å². The van der Waals surface area contributed by atoms with Crippen LogP contribution in [0.1, 0.15) is 25.3 Å². The van der Waals surface area contributed by atoms with Crippen molar-refractivity contribution < 1.29 is 9.53 Å². The van der Waals surface area contributed by atoms with Crippen LogP contribution in [0.2, 0.25) is 0 Å². The fraction of sp³-hybridized carbons (Fsp3) is 0.389. The van der Waals surface area contributed by atoms with Gasteiger partial charge in [-0.05, 0) is 49.2 Å². The molecule has 1 saturated heterocycles. The summed E-state index contributed by atoms with van der Waals surface area (Å²) in [6.45, 7) is 4.01. The van der Waals surface area contributed by atoms with Crippen LogP contribution in [0.4, 0.5) is 0 Å². The number of hydrogen-bond donors (Lipinski definition) is 1. The Labute approximate surface area is 137 Å². The minimum atomic E-state index is -0.495. The van der Waals surface area contributed by atoms with Crippen LogP contribution in [0.15, 0.2) is 42.5 Å². The summed E-state index contributed by atoms with van der Waals surface area (Å²) < 4.78 is 5.38. The second kappa shape index (κ2) is 7.12. The van der Waals surface area contributed by atoms with Crippen molar-refractivity contribution in [1.29, 1.82) is 0 Å². The van der Waals surface area contributed by atoms with Gasteiger partial charge in [-0.3, -0.25) is 4.79 Å². The van der Waals surface area contributed by atoms with Crippen LogP contribution in [0.25, 0.3) is 10.8 Å². The molecule has 1 fully saturated rings. The smallest absolute Gasteiger partial charge is 0.316 e. The molecule has 0 aliphatic carbocycles. The maximum atomic E-state index is 12.6. The van der Waals surface area contributed by atoms with Gasteiger partial charge in [0.1, 0.15) is 0 Å². The minimum Gasteiger partial charge on any atom is -0.465 e. The van der Waals surface area contributed by atoms with E-state index in [1.807, 2.05) is 19.1 Å². The third-order valence-corrected chi connectivity index (χ3v) is 4.43. The molecule has 0 spiro atoms. The van der Waals surface area contributed by atoms with Gasteiger partial charge >= 0.3 is 5.97 Å². The van der Waals surface area contributed by atoms with Gasteiger partial charge in [-0.15, -0.1) is 12.4 Å². The van der Waals surface area contributed by atoms with Crippen LogP contribution in [0, 0.1) is 0 Å². The van der Waals surface area contributed by atoms with Crippen molar-refractivity contribution in [2.24, 2.45) is 0 Å². The molecule has 1 N–H and O–H groups in total. The lowest BCUT2D eigenvalue weighted by molar-refractivity contribution is -0.151. The molecular formula is C18H22ClNO2. The van der Waals surface area contributed by atoms with Gasteiger partial charge in [0, 0.05) is 0 Å². The summed E-state index contributed by atoms with van der Waals surface area (Å²) in [5.41, 5.74) is 0.590. The van der Waals surface area contributed by atoms with Crippen molar-refractivity contribution in [1.82, 2.24) is 5.32 Å². The normalized spacial score (nSPS) is 16.8. The number of halogens is 1. The SMILES string of the molecule is CCOC(=O)C1(c2ccc3ccccc3c2)CCNCC1.Cl. The summed E-state index contributed by atoms with van der Waals surface area (Å²) >= 11 is 0. The van der Waals surface area contributed by atoms with Gasteiger partial charge in [-0.1, -0.05) is 42.5 Å². The van der Waals surface area contributed by atoms with Gasteiger partial charge < -0.3 is 10.1 Å². The Hall–Kier alpha value is -1.58. The van der Waals surface area contributed by atoms with Gasteiger partial charge in [0.2, 0.25) is 0 Å². The summed E-state index contributed by atoms with van der Waals surface area (Å²) in [6, 6.07) is 14.6. The number of carbonyl (C=O) groups is 1. The molecule has 4 heteroatoms. The number of fused-ring (bicyclic) bond motifs is 1. The molecule has 0 saturated carbocycles. The molecular weight excluding hydrogens is 298 g/mol. The van der Waals surface area contributed by atoms with Crippen molar-refractivity contribution in [2.45, 2.75) is 25.2 Å². The molecule has 0 radical (unpaired) electrons. The molecule has 0 atom stereocenters. The Morgan fingerprint density at radius 1 is 1.14 bits per heavy atom. The molecule has 22 heavy (non-hydrogen) atoms. The number of nitrogens with one attached hydrogen (secondary N) is 1. The standard InChI is InChI=1S/C18H21NO2.ClH/c1-2-21-17(20)18(9-11-19-12-10-18)16-8-7-14-5-3-4-6-15(14)13-16;/h3-8,13,19H,2,9-12H2,1H3;1H. The van der Waals surface area contributed by atoms with Crippen molar-refractivity contribution >= 4 is 29.1 Å². The highest BCUT2D eigenvalue weighted by Crippen LogP contribution is 2.36. The van der Waals surface area contributed by atoms with E-state index < -0.39 is 5.41 Å². The molecule has 3 rings (SSSR count). The van der Waals surface area contributed by atoms with E-state index in [0.29, 0.717) is 6.61 Å². The lowest BCUT2D eigenvalue weighted by Gasteiger charge is -2.35. The summed E-state index contributed by atoms with van der Waals surface area (Å²) in [5, 5.41) is 5.72. The van der Waals surface area contributed by atoms with Gasteiger partial charge in [-0.25, -0.2) is 0 Å². The molecule has 0 amide bonds. The molecule has 118 valence electrons. The molecule has 1 aliphatic heterocycles.